The lowest BCUT2D eigenvalue weighted by Crippen LogP contribution is -2.18. The number of aromatic nitrogens is 1. The number of benzene rings is 1. The van der Waals surface area contributed by atoms with Gasteiger partial charge in [0.15, 0.2) is 0 Å². The second-order valence-electron chi connectivity index (χ2n) is 4.79. The monoisotopic (exact) mass is 302 g/mol. The number of nitrogens with zero attached hydrogens (tertiary/aromatic N) is 1. The van der Waals surface area contributed by atoms with Crippen LogP contribution in [0.15, 0.2) is 18.2 Å². The number of rotatable bonds is 2. The second-order valence-corrected chi connectivity index (χ2v) is 5.85. The molecule has 0 spiro atoms. The molecule has 3 nitrogen and oxygen atoms in total. The van der Waals surface area contributed by atoms with Gasteiger partial charge in [-0.25, -0.2) is 4.98 Å². The summed E-state index contributed by atoms with van der Waals surface area (Å²) in [5, 5.41) is 0.732. The zero-order chi connectivity index (χ0) is 14.3. The van der Waals surface area contributed by atoms with Crippen LogP contribution in [0.4, 0.5) is 13.2 Å². The van der Waals surface area contributed by atoms with Gasteiger partial charge in [0, 0.05) is 6.54 Å². The number of hydrogen-bond donors (Lipinski definition) is 1. The molecule has 3 rings (SSSR count). The van der Waals surface area contributed by atoms with E-state index in [2.05, 4.69) is 4.98 Å². The molecule has 0 bridgehead atoms. The molecule has 0 radical (unpaired) electrons. The Balaban J connectivity index is 1.91. The van der Waals surface area contributed by atoms with Crippen LogP contribution in [0, 0.1) is 0 Å². The topological polar surface area (TPSA) is 48.1 Å². The summed E-state index contributed by atoms with van der Waals surface area (Å²) in [4.78, 5) is 4.29. The Labute approximate surface area is 117 Å². The molecule has 0 amide bonds. The minimum Gasteiger partial charge on any atom is -0.366 e. The average molecular weight is 302 g/mol. The molecule has 20 heavy (non-hydrogen) atoms. The highest BCUT2D eigenvalue weighted by atomic mass is 32.1. The number of hydrogen-bond acceptors (Lipinski definition) is 4. The minimum absolute atomic E-state index is 0.0257. The van der Waals surface area contributed by atoms with Crippen LogP contribution in [-0.4, -0.2) is 17.6 Å². The molecule has 108 valence electrons. The second kappa shape index (κ2) is 4.98. The van der Waals surface area contributed by atoms with Crippen LogP contribution in [0.2, 0.25) is 0 Å². The summed E-state index contributed by atoms with van der Waals surface area (Å²) < 4.78 is 44.4. The van der Waals surface area contributed by atoms with Gasteiger partial charge in [0.1, 0.15) is 11.1 Å². The summed E-state index contributed by atoms with van der Waals surface area (Å²) in [6.45, 7) is 0.458. The molecular formula is C13H13F3N2OS. The average Bonchev–Trinajstić information content (AvgIpc) is 3.02. The standard InChI is InChI=1S/C13H13F3N2OS/c14-13(15,16)7-1-4-11-9(5-7)18-12(20-11)10-3-2-8(6-17)19-10/h1,4-5,8,10H,2-3,6,17H2. The van der Waals surface area contributed by atoms with Crippen LogP contribution in [0.1, 0.15) is 29.5 Å². The quantitative estimate of drug-likeness (QED) is 0.923. The van der Waals surface area contributed by atoms with Crippen LogP contribution < -0.4 is 5.73 Å². The zero-order valence-corrected chi connectivity index (χ0v) is 11.3. The first-order valence-electron chi connectivity index (χ1n) is 6.30. The van der Waals surface area contributed by atoms with Crippen molar-refractivity contribution in [2.24, 2.45) is 5.73 Å². The van der Waals surface area contributed by atoms with E-state index in [1.165, 1.54) is 17.4 Å². The Morgan fingerprint density at radius 1 is 1.35 bits per heavy atom. The smallest absolute Gasteiger partial charge is 0.366 e. The van der Waals surface area contributed by atoms with Crippen molar-refractivity contribution in [3.63, 3.8) is 0 Å². The van der Waals surface area contributed by atoms with E-state index >= 15 is 0 Å². The Morgan fingerprint density at radius 2 is 2.15 bits per heavy atom. The van der Waals surface area contributed by atoms with Gasteiger partial charge >= 0.3 is 6.18 Å². The summed E-state index contributed by atoms with van der Waals surface area (Å²) in [5.74, 6) is 0. The van der Waals surface area contributed by atoms with Gasteiger partial charge in [0.25, 0.3) is 0 Å². The lowest BCUT2D eigenvalue weighted by molar-refractivity contribution is -0.137. The molecule has 1 saturated heterocycles. The third-order valence-corrected chi connectivity index (χ3v) is 4.51. The van der Waals surface area contributed by atoms with Gasteiger partial charge in [0.2, 0.25) is 0 Å². The Hall–Kier alpha value is -1.18. The number of ether oxygens (including phenoxy) is 1. The highest BCUT2D eigenvalue weighted by Gasteiger charge is 2.32. The molecule has 1 fully saturated rings. The third kappa shape index (κ3) is 2.53. The molecule has 2 atom stereocenters. The van der Waals surface area contributed by atoms with Crippen LogP contribution in [0.5, 0.6) is 0 Å². The van der Waals surface area contributed by atoms with Gasteiger partial charge in [0.05, 0.1) is 21.9 Å². The van der Waals surface area contributed by atoms with Crippen molar-refractivity contribution in [3.05, 3.63) is 28.8 Å². The van der Waals surface area contributed by atoms with Crippen molar-refractivity contribution < 1.29 is 17.9 Å². The Kier molecular flexibility index (Phi) is 3.43. The Bertz CT molecular complexity index is 626. The van der Waals surface area contributed by atoms with E-state index in [0.29, 0.717) is 12.1 Å². The molecule has 2 heterocycles. The predicted molar refractivity (Wildman–Crippen MR) is 70.5 cm³/mol. The first-order chi connectivity index (χ1) is 9.47. The zero-order valence-electron chi connectivity index (χ0n) is 10.5. The number of nitrogens with two attached hydrogens (primary N) is 1. The molecular weight excluding hydrogens is 289 g/mol. The first kappa shape index (κ1) is 13.8. The maximum absolute atomic E-state index is 12.7. The highest BCUT2D eigenvalue weighted by Crippen LogP contribution is 2.38. The van der Waals surface area contributed by atoms with E-state index in [1.54, 1.807) is 0 Å². The van der Waals surface area contributed by atoms with Gasteiger partial charge in [-0.05, 0) is 31.0 Å². The van der Waals surface area contributed by atoms with Crippen molar-refractivity contribution >= 4 is 21.6 Å². The van der Waals surface area contributed by atoms with Crippen molar-refractivity contribution in [3.8, 4) is 0 Å². The van der Waals surface area contributed by atoms with Gasteiger partial charge in [-0.15, -0.1) is 11.3 Å². The summed E-state index contributed by atoms with van der Waals surface area (Å²) in [6, 6.07) is 3.64. The third-order valence-electron chi connectivity index (χ3n) is 3.38. The lowest BCUT2D eigenvalue weighted by atomic mass is 10.2. The fraction of sp³-hybridized carbons (Fsp3) is 0.462. The normalized spacial score (nSPS) is 23.6. The SMILES string of the molecule is NCC1CCC(c2nc3cc(C(F)(F)F)ccc3s2)O1. The van der Waals surface area contributed by atoms with E-state index in [0.717, 1.165) is 34.7 Å². The molecule has 1 aliphatic heterocycles. The molecule has 1 aromatic heterocycles. The number of thiazole rings is 1. The summed E-state index contributed by atoms with van der Waals surface area (Å²) in [5.41, 5.74) is 5.25. The van der Waals surface area contributed by atoms with Crippen molar-refractivity contribution in [2.45, 2.75) is 31.2 Å². The van der Waals surface area contributed by atoms with E-state index in [1.807, 2.05) is 0 Å². The van der Waals surface area contributed by atoms with E-state index in [4.69, 9.17) is 10.5 Å². The van der Waals surface area contributed by atoms with Crippen LogP contribution in [0.3, 0.4) is 0 Å². The van der Waals surface area contributed by atoms with Gasteiger partial charge in [-0.2, -0.15) is 13.2 Å². The summed E-state index contributed by atoms with van der Waals surface area (Å²) >= 11 is 1.38. The minimum atomic E-state index is -4.34. The fourth-order valence-electron chi connectivity index (χ4n) is 2.32. The molecule has 0 saturated carbocycles. The van der Waals surface area contributed by atoms with Crippen molar-refractivity contribution in [1.29, 1.82) is 0 Å². The van der Waals surface area contributed by atoms with E-state index in [9.17, 15) is 13.2 Å². The predicted octanol–water partition coefficient (Wildman–Crippen LogP) is 3.49. The molecule has 2 unspecified atom stereocenters. The van der Waals surface area contributed by atoms with E-state index < -0.39 is 11.7 Å². The maximum Gasteiger partial charge on any atom is 0.416 e. The molecule has 0 aliphatic carbocycles. The number of halogens is 3. The van der Waals surface area contributed by atoms with Gasteiger partial charge in [-0.3, -0.25) is 0 Å². The molecule has 2 N–H and O–H groups in total. The van der Waals surface area contributed by atoms with Crippen LogP contribution in [0.25, 0.3) is 10.2 Å². The summed E-state index contributed by atoms with van der Waals surface area (Å²) in [7, 11) is 0. The fourth-order valence-corrected chi connectivity index (χ4v) is 3.34. The summed E-state index contributed by atoms with van der Waals surface area (Å²) in [6.07, 6.45) is -2.78. The maximum atomic E-state index is 12.7. The Morgan fingerprint density at radius 3 is 2.80 bits per heavy atom. The number of fused-ring (bicyclic) bond motifs is 1. The van der Waals surface area contributed by atoms with Crippen LogP contribution in [-0.2, 0) is 10.9 Å². The molecule has 7 heteroatoms. The molecule has 1 aromatic carbocycles. The van der Waals surface area contributed by atoms with Gasteiger partial charge < -0.3 is 10.5 Å². The van der Waals surface area contributed by atoms with Crippen molar-refractivity contribution in [2.75, 3.05) is 6.54 Å². The number of alkyl halides is 3. The van der Waals surface area contributed by atoms with Gasteiger partial charge in [-0.1, -0.05) is 0 Å². The van der Waals surface area contributed by atoms with Crippen molar-refractivity contribution in [1.82, 2.24) is 4.98 Å². The first-order valence-corrected chi connectivity index (χ1v) is 7.12. The lowest BCUT2D eigenvalue weighted by Gasteiger charge is -2.08. The van der Waals surface area contributed by atoms with E-state index in [-0.39, 0.29) is 12.2 Å². The highest BCUT2D eigenvalue weighted by molar-refractivity contribution is 7.18. The van der Waals surface area contributed by atoms with Crippen LogP contribution >= 0.6 is 11.3 Å². The molecule has 2 aromatic rings. The largest absolute Gasteiger partial charge is 0.416 e. The molecule has 1 aliphatic rings.